The van der Waals surface area contributed by atoms with Gasteiger partial charge in [-0.05, 0) is 53.9 Å². The summed E-state index contributed by atoms with van der Waals surface area (Å²) >= 11 is 0. The average molecular weight is 470 g/mol. The Kier molecular flexibility index (Phi) is 18.0. The lowest BCUT2D eigenvalue weighted by Gasteiger charge is -2.30. The maximum atomic E-state index is 11.1. The van der Waals surface area contributed by atoms with Crippen LogP contribution in [-0.2, 0) is 9.53 Å². The third kappa shape index (κ3) is 14.3. The Morgan fingerprint density at radius 3 is 2.24 bits per heavy atom. The molecule has 0 fully saturated rings. The molecule has 0 saturated carbocycles. The molecule has 0 unspecified atom stereocenters. The van der Waals surface area contributed by atoms with Crippen LogP contribution in [0.15, 0.2) is 4.99 Å². The number of aliphatic imine (C=N–C) groups is 1. The second-order valence-electron chi connectivity index (χ2n) is 6.50. The van der Waals surface area contributed by atoms with Crippen molar-refractivity contribution >= 4 is 35.9 Å². The first-order valence-electron chi connectivity index (χ1n) is 9.27. The standard InChI is InChI=1S/C18H38N4O2.HI/c1-7-19-18(20-12-9-8-11-17(23)24-6)21-13-10-14-22(15(2)3)16(4)5;/h15-16H,7-14H2,1-6H3,(H2,19,20,21);1H. The minimum absolute atomic E-state index is 0. The maximum Gasteiger partial charge on any atom is 0.305 e. The molecule has 0 aliphatic carbocycles. The molecule has 0 bridgehead atoms. The van der Waals surface area contributed by atoms with Crippen LogP contribution in [0.2, 0.25) is 0 Å². The number of esters is 1. The number of ether oxygens (including phenoxy) is 1. The number of nitrogens with one attached hydrogen (secondary N) is 2. The molecule has 0 aliphatic heterocycles. The predicted octanol–water partition coefficient (Wildman–Crippen LogP) is 3.01. The van der Waals surface area contributed by atoms with Crippen LogP contribution < -0.4 is 10.6 Å². The van der Waals surface area contributed by atoms with Crippen molar-refractivity contribution in [1.29, 1.82) is 0 Å². The quantitative estimate of drug-likeness (QED) is 0.151. The highest BCUT2D eigenvalue weighted by molar-refractivity contribution is 14.0. The van der Waals surface area contributed by atoms with Crippen LogP contribution in [0.5, 0.6) is 0 Å². The van der Waals surface area contributed by atoms with Gasteiger partial charge in [0.1, 0.15) is 0 Å². The Hall–Kier alpha value is -0.570. The number of rotatable bonds is 12. The normalized spacial score (nSPS) is 11.6. The summed E-state index contributed by atoms with van der Waals surface area (Å²) in [4.78, 5) is 18.2. The number of guanidine groups is 1. The zero-order valence-corrected chi connectivity index (χ0v) is 19.3. The van der Waals surface area contributed by atoms with Crippen molar-refractivity contribution < 1.29 is 9.53 Å². The summed E-state index contributed by atoms with van der Waals surface area (Å²) in [5.74, 6) is 0.714. The molecular formula is C18H39IN4O2. The molecule has 0 heterocycles. The smallest absolute Gasteiger partial charge is 0.305 e. The van der Waals surface area contributed by atoms with Gasteiger partial charge in [-0.25, -0.2) is 0 Å². The zero-order chi connectivity index (χ0) is 18.4. The van der Waals surface area contributed by atoms with Gasteiger partial charge in [-0.3, -0.25) is 14.7 Å². The first kappa shape index (κ1) is 26.7. The van der Waals surface area contributed by atoms with Crippen LogP contribution in [0.1, 0.15) is 60.3 Å². The minimum atomic E-state index is -0.143. The lowest BCUT2D eigenvalue weighted by Crippen LogP contribution is -2.39. The van der Waals surface area contributed by atoms with E-state index < -0.39 is 0 Å². The number of carbonyl (C=O) groups is 1. The topological polar surface area (TPSA) is 66.0 Å². The van der Waals surface area contributed by atoms with Crippen LogP contribution in [0.25, 0.3) is 0 Å². The third-order valence-electron chi connectivity index (χ3n) is 3.84. The van der Waals surface area contributed by atoms with Crippen molar-refractivity contribution in [2.24, 2.45) is 4.99 Å². The monoisotopic (exact) mass is 470 g/mol. The number of halogens is 1. The van der Waals surface area contributed by atoms with Gasteiger partial charge >= 0.3 is 5.97 Å². The van der Waals surface area contributed by atoms with Crippen LogP contribution in [-0.4, -0.2) is 62.2 Å². The zero-order valence-electron chi connectivity index (χ0n) is 16.9. The number of hydrogen-bond acceptors (Lipinski definition) is 4. The van der Waals surface area contributed by atoms with Crippen LogP contribution in [0.4, 0.5) is 0 Å². The molecule has 0 aromatic rings. The molecule has 0 rings (SSSR count). The molecule has 0 amide bonds. The van der Waals surface area contributed by atoms with Gasteiger partial charge in [0, 0.05) is 44.7 Å². The van der Waals surface area contributed by atoms with Crippen molar-refractivity contribution in [3.8, 4) is 0 Å². The van der Waals surface area contributed by atoms with Crippen molar-refractivity contribution in [2.75, 3.05) is 33.3 Å². The van der Waals surface area contributed by atoms with Gasteiger partial charge in [-0.1, -0.05) is 0 Å². The van der Waals surface area contributed by atoms with E-state index >= 15 is 0 Å². The van der Waals surface area contributed by atoms with E-state index in [4.69, 9.17) is 0 Å². The van der Waals surface area contributed by atoms with Crippen LogP contribution in [0.3, 0.4) is 0 Å². The van der Waals surface area contributed by atoms with E-state index in [2.05, 4.69) is 59.9 Å². The second kappa shape index (κ2) is 16.9. The van der Waals surface area contributed by atoms with Crippen molar-refractivity contribution in [1.82, 2.24) is 15.5 Å². The number of methoxy groups -OCH3 is 1. The van der Waals surface area contributed by atoms with Gasteiger partial charge in [0.25, 0.3) is 0 Å². The van der Waals surface area contributed by atoms with Crippen molar-refractivity contribution in [3.63, 3.8) is 0 Å². The summed E-state index contributed by atoms with van der Waals surface area (Å²) in [7, 11) is 1.43. The number of hydrogen-bond donors (Lipinski definition) is 2. The fourth-order valence-electron chi connectivity index (χ4n) is 2.60. The van der Waals surface area contributed by atoms with Gasteiger partial charge in [-0.15, -0.1) is 24.0 Å². The lowest BCUT2D eigenvalue weighted by atomic mass is 10.2. The summed E-state index contributed by atoms with van der Waals surface area (Å²) in [6.45, 7) is 14.6. The Morgan fingerprint density at radius 1 is 1.08 bits per heavy atom. The third-order valence-corrected chi connectivity index (χ3v) is 3.84. The summed E-state index contributed by atoms with van der Waals surface area (Å²) in [6.07, 6.45) is 3.28. The van der Waals surface area contributed by atoms with E-state index in [9.17, 15) is 4.79 Å². The fraction of sp³-hybridized carbons (Fsp3) is 0.889. The molecule has 2 N–H and O–H groups in total. The molecule has 150 valence electrons. The minimum Gasteiger partial charge on any atom is -0.469 e. The molecule has 6 nitrogen and oxygen atoms in total. The van der Waals surface area contributed by atoms with E-state index in [1.807, 2.05) is 0 Å². The summed E-state index contributed by atoms with van der Waals surface area (Å²) < 4.78 is 4.64. The summed E-state index contributed by atoms with van der Waals surface area (Å²) in [6, 6.07) is 1.13. The fourth-order valence-corrected chi connectivity index (χ4v) is 2.60. The van der Waals surface area contributed by atoms with E-state index in [0.29, 0.717) is 18.5 Å². The highest BCUT2D eigenvalue weighted by Gasteiger charge is 2.12. The van der Waals surface area contributed by atoms with Gasteiger partial charge in [0.15, 0.2) is 5.96 Å². The molecule has 0 radical (unpaired) electrons. The summed E-state index contributed by atoms with van der Waals surface area (Å²) in [5.41, 5.74) is 0. The Labute approximate surface area is 171 Å². The molecule has 0 aromatic heterocycles. The molecule has 7 heteroatoms. The van der Waals surface area contributed by atoms with E-state index in [0.717, 1.165) is 51.4 Å². The van der Waals surface area contributed by atoms with E-state index in [1.54, 1.807) is 0 Å². The average Bonchev–Trinajstić information content (AvgIpc) is 2.52. The molecule has 25 heavy (non-hydrogen) atoms. The maximum absolute atomic E-state index is 11.1. The van der Waals surface area contributed by atoms with Crippen LogP contribution in [0, 0.1) is 0 Å². The van der Waals surface area contributed by atoms with E-state index in [1.165, 1.54) is 7.11 Å². The van der Waals surface area contributed by atoms with Crippen molar-refractivity contribution in [3.05, 3.63) is 0 Å². The molecule has 0 aliphatic rings. The lowest BCUT2D eigenvalue weighted by molar-refractivity contribution is -0.140. The summed E-state index contributed by atoms with van der Waals surface area (Å²) in [5, 5.41) is 6.58. The second-order valence-corrected chi connectivity index (χ2v) is 6.50. The molecular weight excluding hydrogens is 431 g/mol. The van der Waals surface area contributed by atoms with Crippen molar-refractivity contribution in [2.45, 2.75) is 72.4 Å². The molecule has 0 aromatic carbocycles. The Balaban J connectivity index is 0. The highest BCUT2D eigenvalue weighted by atomic mass is 127. The van der Waals surface area contributed by atoms with Crippen LogP contribution >= 0.6 is 24.0 Å². The predicted molar refractivity (Wildman–Crippen MR) is 117 cm³/mol. The van der Waals surface area contributed by atoms with E-state index in [-0.39, 0.29) is 29.9 Å². The molecule has 0 spiro atoms. The first-order valence-corrected chi connectivity index (χ1v) is 9.27. The number of carbonyl (C=O) groups excluding carboxylic acids is 1. The first-order chi connectivity index (χ1) is 11.4. The highest BCUT2D eigenvalue weighted by Crippen LogP contribution is 2.05. The molecule has 0 saturated heterocycles. The molecule has 0 atom stereocenters. The van der Waals surface area contributed by atoms with Gasteiger partial charge in [0.2, 0.25) is 0 Å². The van der Waals surface area contributed by atoms with Gasteiger partial charge in [-0.2, -0.15) is 0 Å². The largest absolute Gasteiger partial charge is 0.469 e. The Bertz CT molecular complexity index is 355. The number of unbranched alkanes of at least 4 members (excludes halogenated alkanes) is 1. The Morgan fingerprint density at radius 2 is 1.72 bits per heavy atom. The van der Waals surface area contributed by atoms with Gasteiger partial charge < -0.3 is 15.4 Å². The SMILES string of the molecule is CCNC(=NCCCN(C(C)C)C(C)C)NCCCCC(=O)OC.I. The number of nitrogens with zero attached hydrogens (tertiary/aromatic N) is 2. The van der Waals surface area contributed by atoms with Gasteiger partial charge in [0.05, 0.1) is 7.11 Å².